The molecule has 0 unspecified atom stereocenters. The van der Waals surface area contributed by atoms with Crippen LogP contribution < -0.4 is 0 Å². The second-order valence-corrected chi connectivity index (χ2v) is 7.77. The van der Waals surface area contributed by atoms with Gasteiger partial charge in [0, 0.05) is 13.8 Å². The molecule has 0 aromatic carbocycles. The minimum atomic E-state index is -0.277. The number of carbonyl (C=O) groups excluding carboxylic acids is 2. The standard InChI is InChI=1S/2C14H24O2/c2*1-3-4-5-6-7-8-9-10-11-12-13-16-14(2)15/h10-13H,3-9H2,1-2H3;3-6H,7-13H2,1-2H3/b;4-3-,6-5-. The van der Waals surface area contributed by atoms with E-state index in [2.05, 4.69) is 36.0 Å². The zero-order valence-electron chi connectivity index (χ0n) is 21.2. The Balaban J connectivity index is 0. The zero-order chi connectivity index (χ0) is 24.1. The average Bonchev–Trinajstić information content (AvgIpc) is 2.76. The Morgan fingerprint density at radius 3 is 1.72 bits per heavy atom. The first-order valence-corrected chi connectivity index (χ1v) is 12.4. The maximum atomic E-state index is 10.5. The van der Waals surface area contributed by atoms with Crippen LogP contribution in [0.1, 0.15) is 111 Å². The predicted molar refractivity (Wildman–Crippen MR) is 136 cm³/mol. The number of ether oxygens (including phenoxy) is 2. The van der Waals surface area contributed by atoms with Crippen LogP contribution in [-0.2, 0) is 19.1 Å². The van der Waals surface area contributed by atoms with Gasteiger partial charge in [0.1, 0.15) is 0 Å². The lowest BCUT2D eigenvalue weighted by Gasteiger charge is -2.01. The molecule has 0 aliphatic heterocycles. The summed E-state index contributed by atoms with van der Waals surface area (Å²) in [6.45, 7) is 7.68. The van der Waals surface area contributed by atoms with Gasteiger partial charge in [-0.15, -0.1) is 0 Å². The number of unbranched alkanes of at least 4 members (excludes halogenated alkanes) is 11. The molecule has 0 saturated heterocycles. The zero-order valence-corrected chi connectivity index (χ0v) is 21.2. The van der Waals surface area contributed by atoms with E-state index in [0.717, 1.165) is 25.7 Å². The monoisotopic (exact) mass is 448 g/mol. The Bertz CT molecular complexity index is 530. The van der Waals surface area contributed by atoms with Crippen molar-refractivity contribution in [3.8, 4) is 0 Å². The number of esters is 2. The summed E-state index contributed by atoms with van der Waals surface area (Å²) < 4.78 is 9.50. The third kappa shape index (κ3) is 35.3. The Labute approximate surface area is 197 Å². The minimum absolute atomic E-state index is 0.172. The second-order valence-electron chi connectivity index (χ2n) is 7.77. The van der Waals surface area contributed by atoms with Gasteiger partial charge in [-0.3, -0.25) is 9.59 Å². The highest BCUT2D eigenvalue weighted by Crippen LogP contribution is 2.07. The smallest absolute Gasteiger partial charge is 0.307 e. The van der Waals surface area contributed by atoms with Crippen molar-refractivity contribution in [3.63, 3.8) is 0 Å². The van der Waals surface area contributed by atoms with Gasteiger partial charge in [0.15, 0.2) is 0 Å². The van der Waals surface area contributed by atoms with E-state index in [1.165, 1.54) is 77.9 Å². The van der Waals surface area contributed by atoms with Crippen molar-refractivity contribution in [2.45, 2.75) is 111 Å². The molecule has 0 atom stereocenters. The Kier molecular flexibility index (Phi) is 29.0. The van der Waals surface area contributed by atoms with E-state index in [9.17, 15) is 9.59 Å². The van der Waals surface area contributed by atoms with Gasteiger partial charge in [0.25, 0.3) is 0 Å². The fraction of sp³-hybridized carbons (Fsp3) is 0.643. The highest BCUT2D eigenvalue weighted by atomic mass is 16.5. The highest BCUT2D eigenvalue weighted by Gasteiger charge is 1.93. The molecule has 0 saturated carbocycles. The van der Waals surface area contributed by atoms with Gasteiger partial charge in [0.05, 0.1) is 12.9 Å². The van der Waals surface area contributed by atoms with Crippen LogP contribution in [0.5, 0.6) is 0 Å². The van der Waals surface area contributed by atoms with Crippen molar-refractivity contribution in [2.24, 2.45) is 0 Å². The lowest BCUT2D eigenvalue weighted by molar-refractivity contribution is -0.141. The number of hydrogen-bond acceptors (Lipinski definition) is 4. The SMILES string of the molecule is C/C=C\C=C/CCCCCCCOC(C)=O.CCCCCCCCC=CC=COC(C)=O. The van der Waals surface area contributed by atoms with Gasteiger partial charge in [-0.2, -0.15) is 0 Å². The summed E-state index contributed by atoms with van der Waals surface area (Å²) in [5.41, 5.74) is 0. The second kappa shape index (κ2) is 28.9. The molecule has 0 amide bonds. The molecule has 0 N–H and O–H groups in total. The van der Waals surface area contributed by atoms with Crippen LogP contribution in [0.4, 0.5) is 0 Å². The van der Waals surface area contributed by atoms with Crippen LogP contribution in [0.25, 0.3) is 0 Å². The van der Waals surface area contributed by atoms with Crippen molar-refractivity contribution in [2.75, 3.05) is 6.61 Å². The molecule has 0 rings (SSSR count). The number of allylic oxidation sites excluding steroid dienone is 7. The summed E-state index contributed by atoms with van der Waals surface area (Å²) in [5.74, 6) is -0.449. The van der Waals surface area contributed by atoms with E-state index < -0.39 is 0 Å². The number of carbonyl (C=O) groups is 2. The summed E-state index contributed by atoms with van der Waals surface area (Å²) >= 11 is 0. The van der Waals surface area contributed by atoms with Gasteiger partial charge < -0.3 is 9.47 Å². The molecule has 0 aliphatic rings. The molecule has 0 bridgehead atoms. The highest BCUT2D eigenvalue weighted by molar-refractivity contribution is 5.66. The first kappa shape index (κ1) is 32.1. The van der Waals surface area contributed by atoms with Crippen LogP contribution in [0, 0.1) is 0 Å². The summed E-state index contributed by atoms with van der Waals surface area (Å²) in [6, 6.07) is 0. The molecule has 184 valence electrons. The molecule has 0 aromatic heterocycles. The maximum absolute atomic E-state index is 10.5. The maximum Gasteiger partial charge on any atom is 0.307 e. The molecular formula is C28H48O4. The third-order valence-electron chi connectivity index (χ3n) is 4.54. The molecule has 0 heterocycles. The fourth-order valence-corrected chi connectivity index (χ4v) is 2.79. The van der Waals surface area contributed by atoms with Gasteiger partial charge in [0.2, 0.25) is 0 Å². The van der Waals surface area contributed by atoms with E-state index in [1.807, 2.05) is 19.1 Å². The first-order valence-electron chi connectivity index (χ1n) is 12.4. The van der Waals surface area contributed by atoms with Gasteiger partial charge in [-0.1, -0.05) is 94.7 Å². The first-order chi connectivity index (χ1) is 15.5. The number of rotatable bonds is 18. The van der Waals surface area contributed by atoms with E-state index >= 15 is 0 Å². The van der Waals surface area contributed by atoms with Crippen LogP contribution in [0.3, 0.4) is 0 Å². The van der Waals surface area contributed by atoms with Gasteiger partial charge in [-0.25, -0.2) is 0 Å². The lowest BCUT2D eigenvalue weighted by atomic mass is 10.1. The van der Waals surface area contributed by atoms with Crippen LogP contribution in [0.15, 0.2) is 48.8 Å². The van der Waals surface area contributed by atoms with Crippen molar-refractivity contribution in [3.05, 3.63) is 48.8 Å². The van der Waals surface area contributed by atoms with Crippen LogP contribution >= 0.6 is 0 Å². The summed E-state index contributed by atoms with van der Waals surface area (Å²) in [7, 11) is 0. The average molecular weight is 449 g/mol. The summed E-state index contributed by atoms with van der Waals surface area (Å²) in [4.78, 5) is 20.9. The van der Waals surface area contributed by atoms with Gasteiger partial charge in [-0.05, 0) is 45.1 Å². The predicted octanol–water partition coefficient (Wildman–Crippen LogP) is 8.39. The Morgan fingerprint density at radius 2 is 1.19 bits per heavy atom. The van der Waals surface area contributed by atoms with E-state index in [-0.39, 0.29) is 11.9 Å². The third-order valence-corrected chi connectivity index (χ3v) is 4.54. The molecule has 0 aromatic rings. The fourth-order valence-electron chi connectivity index (χ4n) is 2.79. The van der Waals surface area contributed by atoms with Crippen LogP contribution in [-0.4, -0.2) is 18.5 Å². The molecule has 4 heteroatoms. The van der Waals surface area contributed by atoms with Crippen molar-refractivity contribution >= 4 is 11.9 Å². The number of hydrogen-bond donors (Lipinski definition) is 0. The molecular weight excluding hydrogens is 400 g/mol. The van der Waals surface area contributed by atoms with E-state index in [4.69, 9.17) is 4.74 Å². The van der Waals surface area contributed by atoms with Crippen molar-refractivity contribution in [1.82, 2.24) is 0 Å². The van der Waals surface area contributed by atoms with Crippen molar-refractivity contribution < 1.29 is 19.1 Å². The van der Waals surface area contributed by atoms with Crippen molar-refractivity contribution in [1.29, 1.82) is 0 Å². The Hall–Kier alpha value is -2.10. The summed E-state index contributed by atoms with van der Waals surface area (Å²) in [5, 5.41) is 0. The minimum Gasteiger partial charge on any atom is -0.466 e. The topological polar surface area (TPSA) is 52.6 Å². The van der Waals surface area contributed by atoms with Crippen LogP contribution in [0.2, 0.25) is 0 Å². The lowest BCUT2D eigenvalue weighted by Crippen LogP contribution is -1.99. The largest absolute Gasteiger partial charge is 0.466 e. The summed E-state index contributed by atoms with van der Waals surface area (Å²) in [6.07, 6.45) is 31.7. The van der Waals surface area contributed by atoms with Gasteiger partial charge >= 0.3 is 11.9 Å². The van der Waals surface area contributed by atoms with E-state index in [0.29, 0.717) is 6.61 Å². The molecule has 0 fully saturated rings. The molecule has 32 heavy (non-hydrogen) atoms. The normalized spacial score (nSPS) is 11.4. The molecule has 0 radical (unpaired) electrons. The molecule has 0 spiro atoms. The quantitative estimate of drug-likeness (QED) is 0.0914. The van der Waals surface area contributed by atoms with E-state index in [1.54, 1.807) is 6.08 Å². The molecule has 4 nitrogen and oxygen atoms in total. The molecule has 0 aliphatic carbocycles. The Morgan fingerprint density at radius 1 is 0.656 bits per heavy atom.